The van der Waals surface area contributed by atoms with Crippen molar-refractivity contribution in [2.75, 3.05) is 6.54 Å². The highest BCUT2D eigenvalue weighted by molar-refractivity contribution is 5.24. The Morgan fingerprint density at radius 3 is 2.56 bits per heavy atom. The summed E-state index contributed by atoms with van der Waals surface area (Å²) >= 11 is 0. The maximum Gasteiger partial charge on any atom is 0.126 e. The minimum absolute atomic E-state index is 0.0821. The summed E-state index contributed by atoms with van der Waals surface area (Å²) in [4.78, 5) is 0. The molecule has 0 atom stereocenters. The number of nitrogens with one attached hydrogen (secondary N) is 1. The van der Waals surface area contributed by atoms with E-state index in [4.69, 9.17) is 0 Å². The molecule has 0 aromatic heterocycles. The van der Waals surface area contributed by atoms with Crippen LogP contribution in [0.1, 0.15) is 38.3 Å². The van der Waals surface area contributed by atoms with E-state index in [1.54, 1.807) is 6.07 Å². The first-order valence-corrected chi connectivity index (χ1v) is 5.88. The van der Waals surface area contributed by atoms with Gasteiger partial charge in [-0.05, 0) is 58.7 Å². The first-order valence-electron chi connectivity index (χ1n) is 5.88. The van der Waals surface area contributed by atoms with Crippen molar-refractivity contribution in [3.63, 3.8) is 0 Å². The second-order valence-corrected chi connectivity index (χ2v) is 5.38. The molecular weight excluding hydrogens is 201 g/mol. The number of hydrogen-bond donors (Lipinski definition) is 1. The molecule has 90 valence electrons. The Labute approximate surface area is 98.1 Å². The van der Waals surface area contributed by atoms with Gasteiger partial charge in [0.2, 0.25) is 0 Å². The summed E-state index contributed by atoms with van der Waals surface area (Å²) < 4.78 is 13.4. The fourth-order valence-electron chi connectivity index (χ4n) is 1.64. The lowest BCUT2D eigenvalue weighted by Gasteiger charge is -2.20. The molecule has 0 fully saturated rings. The molecule has 1 nitrogen and oxygen atoms in total. The molecule has 0 radical (unpaired) electrons. The molecule has 0 unspecified atom stereocenters. The van der Waals surface area contributed by atoms with E-state index in [1.165, 1.54) is 0 Å². The predicted octanol–water partition coefficient (Wildman–Crippen LogP) is 3.45. The van der Waals surface area contributed by atoms with Gasteiger partial charge >= 0.3 is 0 Å². The summed E-state index contributed by atoms with van der Waals surface area (Å²) in [7, 11) is 0. The van der Waals surface area contributed by atoms with Crippen LogP contribution in [0.15, 0.2) is 18.2 Å². The second-order valence-electron chi connectivity index (χ2n) is 5.38. The topological polar surface area (TPSA) is 12.0 Å². The van der Waals surface area contributed by atoms with Crippen LogP contribution in [0.3, 0.4) is 0 Å². The largest absolute Gasteiger partial charge is 0.312 e. The number of halogens is 1. The monoisotopic (exact) mass is 223 g/mol. The standard InChI is InChI=1S/C14H22FN/c1-11-7-8-13(15)12(10-11)6-5-9-16-14(2,3)4/h7-8,10,16H,5-6,9H2,1-4H3. The third-order valence-electron chi connectivity index (χ3n) is 2.48. The Morgan fingerprint density at radius 2 is 1.94 bits per heavy atom. The molecule has 0 saturated heterocycles. The fourth-order valence-corrected chi connectivity index (χ4v) is 1.64. The van der Waals surface area contributed by atoms with E-state index in [2.05, 4.69) is 26.1 Å². The van der Waals surface area contributed by atoms with Gasteiger partial charge in [0, 0.05) is 5.54 Å². The molecule has 0 bridgehead atoms. The SMILES string of the molecule is Cc1ccc(F)c(CCCNC(C)(C)C)c1. The summed E-state index contributed by atoms with van der Waals surface area (Å²) in [6, 6.07) is 5.31. The molecule has 2 heteroatoms. The highest BCUT2D eigenvalue weighted by atomic mass is 19.1. The number of hydrogen-bond acceptors (Lipinski definition) is 1. The highest BCUT2D eigenvalue weighted by Gasteiger charge is 2.08. The van der Waals surface area contributed by atoms with E-state index in [-0.39, 0.29) is 11.4 Å². The van der Waals surface area contributed by atoms with Gasteiger partial charge in [-0.3, -0.25) is 0 Å². The molecule has 0 aliphatic heterocycles. The van der Waals surface area contributed by atoms with Gasteiger partial charge in [-0.25, -0.2) is 4.39 Å². The summed E-state index contributed by atoms with van der Waals surface area (Å²) in [5.74, 6) is -0.0821. The second kappa shape index (κ2) is 5.44. The van der Waals surface area contributed by atoms with Crippen molar-refractivity contribution in [3.05, 3.63) is 35.1 Å². The van der Waals surface area contributed by atoms with Crippen LogP contribution in [-0.4, -0.2) is 12.1 Å². The average molecular weight is 223 g/mol. The van der Waals surface area contributed by atoms with Crippen LogP contribution in [-0.2, 0) is 6.42 Å². The molecule has 0 saturated carbocycles. The third-order valence-corrected chi connectivity index (χ3v) is 2.48. The number of aryl methyl sites for hydroxylation is 2. The van der Waals surface area contributed by atoms with E-state index >= 15 is 0 Å². The molecule has 0 aliphatic carbocycles. The Morgan fingerprint density at radius 1 is 1.25 bits per heavy atom. The van der Waals surface area contributed by atoms with Crippen molar-refractivity contribution in [1.82, 2.24) is 5.32 Å². The zero-order chi connectivity index (χ0) is 12.2. The van der Waals surface area contributed by atoms with E-state index < -0.39 is 0 Å². The molecular formula is C14H22FN. The molecule has 0 spiro atoms. The van der Waals surface area contributed by atoms with Crippen LogP contribution >= 0.6 is 0 Å². The molecule has 0 amide bonds. The first-order chi connectivity index (χ1) is 7.38. The van der Waals surface area contributed by atoms with Gasteiger partial charge in [0.1, 0.15) is 5.82 Å². The lowest BCUT2D eigenvalue weighted by molar-refractivity contribution is 0.421. The van der Waals surface area contributed by atoms with Crippen molar-refractivity contribution in [3.8, 4) is 0 Å². The maximum absolute atomic E-state index is 13.4. The van der Waals surface area contributed by atoms with Gasteiger partial charge < -0.3 is 5.32 Å². The quantitative estimate of drug-likeness (QED) is 0.771. The lowest BCUT2D eigenvalue weighted by Crippen LogP contribution is -2.36. The van der Waals surface area contributed by atoms with Crippen molar-refractivity contribution in [2.24, 2.45) is 0 Å². The Hall–Kier alpha value is -0.890. The molecule has 1 aromatic rings. The summed E-state index contributed by atoms with van der Waals surface area (Å²) in [5, 5.41) is 3.40. The molecule has 1 aromatic carbocycles. The molecule has 1 N–H and O–H groups in total. The van der Waals surface area contributed by atoms with E-state index in [0.29, 0.717) is 0 Å². The first kappa shape index (κ1) is 13.2. The van der Waals surface area contributed by atoms with Gasteiger partial charge in [-0.1, -0.05) is 17.7 Å². The van der Waals surface area contributed by atoms with Crippen LogP contribution in [0.5, 0.6) is 0 Å². The van der Waals surface area contributed by atoms with Crippen molar-refractivity contribution >= 4 is 0 Å². The van der Waals surface area contributed by atoms with Gasteiger partial charge in [0.25, 0.3) is 0 Å². The smallest absolute Gasteiger partial charge is 0.126 e. The summed E-state index contributed by atoms with van der Waals surface area (Å²) in [5.41, 5.74) is 2.10. The fraction of sp³-hybridized carbons (Fsp3) is 0.571. The number of benzene rings is 1. The Bertz CT molecular complexity index is 339. The van der Waals surface area contributed by atoms with Crippen molar-refractivity contribution in [2.45, 2.75) is 46.1 Å². The summed E-state index contributed by atoms with van der Waals surface area (Å²) in [6.07, 6.45) is 1.77. The lowest BCUT2D eigenvalue weighted by atomic mass is 10.1. The van der Waals surface area contributed by atoms with E-state index in [9.17, 15) is 4.39 Å². The van der Waals surface area contributed by atoms with E-state index in [1.807, 2.05) is 19.1 Å². The van der Waals surface area contributed by atoms with Crippen LogP contribution in [0.2, 0.25) is 0 Å². The minimum Gasteiger partial charge on any atom is -0.312 e. The van der Waals surface area contributed by atoms with Crippen LogP contribution in [0, 0.1) is 12.7 Å². The van der Waals surface area contributed by atoms with Gasteiger partial charge in [-0.2, -0.15) is 0 Å². The van der Waals surface area contributed by atoms with Crippen molar-refractivity contribution < 1.29 is 4.39 Å². The van der Waals surface area contributed by atoms with Crippen LogP contribution in [0.25, 0.3) is 0 Å². The Balaban J connectivity index is 2.40. The molecule has 1 rings (SSSR count). The maximum atomic E-state index is 13.4. The predicted molar refractivity (Wildman–Crippen MR) is 67.2 cm³/mol. The summed E-state index contributed by atoms with van der Waals surface area (Å²) in [6.45, 7) is 9.34. The molecule has 0 aliphatic rings. The van der Waals surface area contributed by atoms with Gasteiger partial charge in [-0.15, -0.1) is 0 Å². The molecule has 16 heavy (non-hydrogen) atoms. The molecule has 0 heterocycles. The van der Waals surface area contributed by atoms with Gasteiger partial charge in [0.05, 0.1) is 0 Å². The van der Waals surface area contributed by atoms with E-state index in [0.717, 1.165) is 30.5 Å². The zero-order valence-electron chi connectivity index (χ0n) is 10.7. The van der Waals surface area contributed by atoms with Crippen LogP contribution < -0.4 is 5.32 Å². The van der Waals surface area contributed by atoms with Crippen LogP contribution in [0.4, 0.5) is 4.39 Å². The van der Waals surface area contributed by atoms with Gasteiger partial charge in [0.15, 0.2) is 0 Å². The van der Waals surface area contributed by atoms with Crippen molar-refractivity contribution in [1.29, 1.82) is 0 Å². The minimum atomic E-state index is -0.0821. The third kappa shape index (κ3) is 4.75. The highest BCUT2D eigenvalue weighted by Crippen LogP contribution is 2.12. The number of rotatable bonds is 4. The zero-order valence-corrected chi connectivity index (χ0v) is 10.7. The average Bonchev–Trinajstić information content (AvgIpc) is 2.16. The Kier molecular flexibility index (Phi) is 4.48. The normalized spacial score (nSPS) is 11.8.